The van der Waals surface area contributed by atoms with Crippen LogP contribution < -0.4 is 5.32 Å². The summed E-state index contributed by atoms with van der Waals surface area (Å²) in [6.45, 7) is 8.56. The number of carbonyl (C=O) groups excluding carboxylic acids is 1. The molecular weight excluding hydrogens is 432 g/mol. The minimum atomic E-state index is -0.0721. The van der Waals surface area contributed by atoms with Crippen LogP contribution in [0.5, 0.6) is 0 Å². The van der Waals surface area contributed by atoms with Gasteiger partial charge in [0.1, 0.15) is 0 Å². The summed E-state index contributed by atoms with van der Waals surface area (Å²) in [5, 5.41) is 12.5. The summed E-state index contributed by atoms with van der Waals surface area (Å²) in [5.74, 6) is 1.98. The molecule has 0 spiro atoms. The largest absolute Gasteiger partial charge is 0.461 e. The average molecular weight is 461 g/mol. The number of furan rings is 1. The van der Waals surface area contributed by atoms with Gasteiger partial charge in [-0.2, -0.15) is 0 Å². The van der Waals surface area contributed by atoms with E-state index in [1.165, 1.54) is 11.8 Å². The summed E-state index contributed by atoms with van der Waals surface area (Å²) in [7, 11) is 0. The molecule has 2 aromatic carbocycles. The lowest BCUT2D eigenvalue weighted by Crippen LogP contribution is -2.18. The summed E-state index contributed by atoms with van der Waals surface area (Å²) in [6.07, 6.45) is 1.61. The first kappa shape index (κ1) is 22.9. The fourth-order valence-corrected chi connectivity index (χ4v) is 4.49. The van der Waals surface area contributed by atoms with Crippen LogP contribution in [0.15, 0.2) is 76.5 Å². The lowest BCUT2D eigenvalue weighted by molar-refractivity contribution is -0.113. The van der Waals surface area contributed by atoms with Crippen LogP contribution in [-0.4, -0.2) is 26.4 Å². The van der Waals surface area contributed by atoms with Crippen molar-refractivity contribution in [1.29, 1.82) is 0 Å². The van der Waals surface area contributed by atoms with E-state index in [0.717, 1.165) is 22.5 Å². The first-order chi connectivity index (χ1) is 16.0. The van der Waals surface area contributed by atoms with Crippen LogP contribution in [0, 0.1) is 0 Å². The highest BCUT2D eigenvalue weighted by molar-refractivity contribution is 7.99. The molecule has 6 nitrogen and oxygen atoms in total. The molecule has 33 heavy (non-hydrogen) atoms. The van der Waals surface area contributed by atoms with Gasteiger partial charge in [-0.05, 0) is 47.2 Å². The van der Waals surface area contributed by atoms with Crippen molar-refractivity contribution in [1.82, 2.24) is 14.8 Å². The van der Waals surface area contributed by atoms with E-state index in [1.54, 1.807) is 6.26 Å². The Morgan fingerprint density at radius 3 is 2.24 bits per heavy atom. The van der Waals surface area contributed by atoms with Crippen LogP contribution in [0.25, 0.3) is 17.3 Å². The third-order valence-corrected chi connectivity index (χ3v) is 6.29. The molecule has 4 aromatic rings. The predicted octanol–water partition coefficient (Wildman–Crippen LogP) is 6.50. The normalized spacial score (nSPS) is 11.3. The number of amides is 1. The molecule has 0 radical (unpaired) electrons. The summed E-state index contributed by atoms with van der Waals surface area (Å²) in [6, 6.07) is 19.7. The topological polar surface area (TPSA) is 73.0 Å². The van der Waals surface area contributed by atoms with Gasteiger partial charge in [0.25, 0.3) is 0 Å². The number of para-hydroxylation sites is 2. The molecule has 2 heterocycles. The van der Waals surface area contributed by atoms with Gasteiger partial charge in [0.2, 0.25) is 11.7 Å². The maximum absolute atomic E-state index is 13.0. The van der Waals surface area contributed by atoms with E-state index in [4.69, 9.17) is 4.42 Å². The van der Waals surface area contributed by atoms with Gasteiger partial charge in [0, 0.05) is 11.4 Å². The summed E-state index contributed by atoms with van der Waals surface area (Å²) in [5.41, 5.74) is 4.12. The zero-order chi connectivity index (χ0) is 23.4. The molecule has 0 atom stereocenters. The van der Waals surface area contributed by atoms with Gasteiger partial charge in [0.15, 0.2) is 10.9 Å². The molecule has 7 heteroatoms. The maximum atomic E-state index is 13.0. The molecule has 2 aromatic heterocycles. The molecular formula is C26H28N4O2S. The highest BCUT2D eigenvalue weighted by Gasteiger charge is 2.20. The van der Waals surface area contributed by atoms with E-state index in [1.807, 2.05) is 47.0 Å². The van der Waals surface area contributed by atoms with E-state index in [2.05, 4.69) is 61.4 Å². The molecule has 0 aliphatic carbocycles. The van der Waals surface area contributed by atoms with Crippen LogP contribution in [0.2, 0.25) is 0 Å². The molecule has 0 saturated carbocycles. The quantitative estimate of drug-likeness (QED) is 0.304. The van der Waals surface area contributed by atoms with Crippen LogP contribution in [0.3, 0.4) is 0 Å². The third-order valence-electron chi connectivity index (χ3n) is 5.36. The van der Waals surface area contributed by atoms with Crippen molar-refractivity contribution in [2.24, 2.45) is 0 Å². The molecule has 0 aliphatic heterocycles. The summed E-state index contributed by atoms with van der Waals surface area (Å²) in [4.78, 5) is 13.0. The standard InChI is InChI=1S/C26H28N4O2S/c1-17(2)20-12-8-13-21(18(3)4)24(20)27-23(31)16-33-26-29-28-25(22-14-9-15-32-22)30(26)19-10-6-5-7-11-19/h5-15,17-18H,16H2,1-4H3,(H,27,31). The SMILES string of the molecule is CC(C)c1cccc(C(C)C)c1NC(=O)CSc1nnc(-c2ccco2)n1-c1ccccc1. The van der Waals surface area contributed by atoms with Gasteiger partial charge in [-0.1, -0.05) is 75.9 Å². The van der Waals surface area contributed by atoms with Crippen LogP contribution in [-0.2, 0) is 4.79 Å². The highest BCUT2D eigenvalue weighted by atomic mass is 32.2. The fraction of sp³-hybridized carbons (Fsp3) is 0.269. The van der Waals surface area contributed by atoms with Gasteiger partial charge in [-0.25, -0.2) is 0 Å². The predicted molar refractivity (Wildman–Crippen MR) is 133 cm³/mol. The smallest absolute Gasteiger partial charge is 0.234 e. The van der Waals surface area contributed by atoms with Gasteiger partial charge >= 0.3 is 0 Å². The number of nitrogens with one attached hydrogen (secondary N) is 1. The van der Waals surface area contributed by atoms with Crippen molar-refractivity contribution in [3.63, 3.8) is 0 Å². The van der Waals surface area contributed by atoms with Crippen LogP contribution >= 0.6 is 11.8 Å². The molecule has 1 amide bonds. The van der Waals surface area contributed by atoms with Crippen molar-refractivity contribution in [3.05, 3.63) is 78.1 Å². The van der Waals surface area contributed by atoms with E-state index < -0.39 is 0 Å². The fourth-order valence-electron chi connectivity index (χ4n) is 3.74. The molecule has 4 rings (SSSR count). The van der Waals surface area contributed by atoms with Crippen molar-refractivity contribution < 1.29 is 9.21 Å². The lowest BCUT2D eigenvalue weighted by Gasteiger charge is -2.20. The van der Waals surface area contributed by atoms with Gasteiger partial charge in [-0.3, -0.25) is 9.36 Å². The van der Waals surface area contributed by atoms with E-state index in [0.29, 0.717) is 28.6 Å². The second-order valence-electron chi connectivity index (χ2n) is 8.41. The van der Waals surface area contributed by atoms with Crippen molar-refractivity contribution in [3.8, 4) is 17.3 Å². The van der Waals surface area contributed by atoms with Crippen molar-refractivity contribution in [2.45, 2.75) is 44.7 Å². The van der Waals surface area contributed by atoms with Gasteiger partial charge in [-0.15, -0.1) is 10.2 Å². The van der Waals surface area contributed by atoms with Crippen LogP contribution in [0.1, 0.15) is 50.7 Å². The van der Waals surface area contributed by atoms with Crippen molar-refractivity contribution in [2.75, 3.05) is 11.1 Å². The number of thioether (sulfide) groups is 1. The number of hydrogen-bond donors (Lipinski definition) is 1. The monoisotopic (exact) mass is 460 g/mol. The Hall–Kier alpha value is -3.32. The second kappa shape index (κ2) is 10.1. The molecule has 0 aliphatic rings. The molecule has 0 bridgehead atoms. The molecule has 0 unspecified atom stereocenters. The van der Waals surface area contributed by atoms with E-state index in [9.17, 15) is 4.79 Å². The Morgan fingerprint density at radius 2 is 1.64 bits per heavy atom. The van der Waals surface area contributed by atoms with Gasteiger partial charge in [0.05, 0.1) is 12.0 Å². The third kappa shape index (κ3) is 5.03. The van der Waals surface area contributed by atoms with Crippen molar-refractivity contribution >= 4 is 23.4 Å². The number of nitrogens with zero attached hydrogens (tertiary/aromatic N) is 3. The number of rotatable bonds is 8. The Labute approximate surface area is 198 Å². The zero-order valence-corrected chi connectivity index (χ0v) is 20.1. The van der Waals surface area contributed by atoms with Crippen LogP contribution in [0.4, 0.5) is 5.69 Å². The molecule has 0 saturated heterocycles. The Bertz CT molecular complexity index is 1190. The summed E-state index contributed by atoms with van der Waals surface area (Å²) >= 11 is 1.35. The minimum absolute atomic E-state index is 0.0721. The minimum Gasteiger partial charge on any atom is -0.461 e. The van der Waals surface area contributed by atoms with E-state index >= 15 is 0 Å². The summed E-state index contributed by atoms with van der Waals surface area (Å²) < 4.78 is 7.47. The average Bonchev–Trinajstić information content (AvgIpc) is 3.48. The first-order valence-corrected chi connectivity index (χ1v) is 12.0. The Balaban J connectivity index is 1.58. The zero-order valence-electron chi connectivity index (χ0n) is 19.3. The van der Waals surface area contributed by atoms with E-state index in [-0.39, 0.29) is 11.7 Å². The lowest BCUT2D eigenvalue weighted by atomic mass is 9.92. The number of anilines is 1. The number of hydrogen-bond acceptors (Lipinski definition) is 5. The Morgan fingerprint density at radius 1 is 0.939 bits per heavy atom. The number of aromatic nitrogens is 3. The maximum Gasteiger partial charge on any atom is 0.234 e. The first-order valence-electron chi connectivity index (χ1n) is 11.1. The molecule has 170 valence electrons. The van der Waals surface area contributed by atoms with Gasteiger partial charge < -0.3 is 9.73 Å². The Kier molecular flexibility index (Phi) is 6.99. The second-order valence-corrected chi connectivity index (χ2v) is 9.35. The number of carbonyl (C=O) groups is 1. The molecule has 0 fully saturated rings. The molecule has 1 N–H and O–H groups in total. The highest BCUT2D eigenvalue weighted by Crippen LogP contribution is 2.33. The number of benzene rings is 2.